The molecule has 0 saturated carbocycles. The van der Waals surface area contributed by atoms with Crippen molar-refractivity contribution in [3.8, 4) is 0 Å². The van der Waals surface area contributed by atoms with Gasteiger partial charge in [-0.05, 0) is 0 Å². The van der Waals surface area contributed by atoms with Crippen LogP contribution in [0.15, 0.2) is 0 Å². The number of ether oxygens (including phenoxy) is 6. The molecule has 0 aliphatic carbocycles. The number of hydrogen-bond donors (Lipinski definition) is 9. The first-order valence-corrected chi connectivity index (χ1v) is 13.8. The molecule has 3 heterocycles. The van der Waals surface area contributed by atoms with Gasteiger partial charge < -0.3 is 74.4 Å². The van der Waals surface area contributed by atoms with Crippen molar-refractivity contribution in [2.75, 3.05) is 41.2 Å². The quantitative estimate of drug-likeness (QED) is 0.148. The highest BCUT2D eigenvalue weighted by Crippen LogP contribution is 2.27. The molecule has 0 aromatic carbocycles. The molecule has 0 aromatic heterocycles. The van der Waals surface area contributed by atoms with E-state index in [1.54, 1.807) is 20.8 Å². The minimum Gasteiger partial charge on any atom is -0.394 e. The molecule has 3 saturated heterocycles. The number of rotatable bonds is 6. The van der Waals surface area contributed by atoms with Gasteiger partial charge in [0.15, 0.2) is 18.9 Å². The summed E-state index contributed by atoms with van der Waals surface area (Å²) in [6, 6.07) is 0. The van der Waals surface area contributed by atoms with Gasteiger partial charge in [-0.3, -0.25) is 0 Å². The summed E-state index contributed by atoms with van der Waals surface area (Å²) >= 11 is 0. The van der Waals surface area contributed by atoms with Crippen molar-refractivity contribution in [2.24, 2.45) is 17.8 Å². The van der Waals surface area contributed by atoms with Crippen LogP contribution < -0.4 is 0 Å². The Kier molecular flexibility index (Phi) is 20.1. The summed E-state index contributed by atoms with van der Waals surface area (Å²) in [5.41, 5.74) is 0. The molecule has 3 aliphatic rings. The summed E-state index contributed by atoms with van der Waals surface area (Å²) in [7, 11) is 4.38. The van der Waals surface area contributed by atoms with Crippen molar-refractivity contribution in [3.63, 3.8) is 0 Å². The number of hydrogen-bond acceptors (Lipinski definition) is 15. The average Bonchev–Trinajstić information content (AvgIpc) is 3.00. The van der Waals surface area contributed by atoms with E-state index in [4.69, 9.17) is 43.7 Å². The highest BCUT2D eigenvalue weighted by Gasteiger charge is 2.43. The molecule has 15 heteroatoms. The lowest BCUT2D eigenvalue weighted by molar-refractivity contribution is -0.274. The van der Waals surface area contributed by atoms with Crippen LogP contribution in [0.1, 0.15) is 34.6 Å². The molecule has 0 spiro atoms. The maximum Gasteiger partial charge on any atom is 0.162 e. The summed E-state index contributed by atoms with van der Waals surface area (Å²) < 4.78 is 30.4. The van der Waals surface area contributed by atoms with Gasteiger partial charge in [-0.15, -0.1) is 0 Å². The molecule has 0 amide bonds. The zero-order valence-electron chi connectivity index (χ0n) is 25.3. The Morgan fingerprint density at radius 2 is 0.634 bits per heavy atom. The van der Waals surface area contributed by atoms with Gasteiger partial charge in [0.25, 0.3) is 0 Å². The van der Waals surface area contributed by atoms with Crippen LogP contribution in [0.2, 0.25) is 0 Å². The summed E-state index contributed by atoms with van der Waals surface area (Å²) in [5.74, 6) is -0.909. The lowest BCUT2D eigenvalue weighted by atomic mass is 9.93. The van der Waals surface area contributed by atoms with Crippen LogP contribution >= 0.6 is 0 Å². The van der Waals surface area contributed by atoms with E-state index in [-0.39, 0.29) is 37.6 Å². The predicted molar refractivity (Wildman–Crippen MR) is 143 cm³/mol. The molecule has 0 radical (unpaired) electrons. The fourth-order valence-electron chi connectivity index (χ4n) is 4.47. The third kappa shape index (κ3) is 10.8. The first kappa shape index (κ1) is 40.4. The van der Waals surface area contributed by atoms with Gasteiger partial charge in [0.1, 0.15) is 36.6 Å². The molecule has 15 unspecified atom stereocenters. The molecule has 3 fully saturated rings. The third-order valence-corrected chi connectivity index (χ3v) is 7.26. The SMILES string of the molecule is CC.COC1OC(CO)C(O)C(O)C1C.COC1OC(CO)C(O)C(O)C1C.COC1OC(CO)C(O)C(O)C1C. The summed E-state index contributed by atoms with van der Waals surface area (Å²) in [5, 5.41) is 83.4. The minimum atomic E-state index is -1.05. The Hall–Kier alpha value is -0.600. The van der Waals surface area contributed by atoms with Crippen molar-refractivity contribution < 1.29 is 74.4 Å². The van der Waals surface area contributed by atoms with Crippen LogP contribution in [0.4, 0.5) is 0 Å². The van der Waals surface area contributed by atoms with Crippen LogP contribution in [0.25, 0.3) is 0 Å². The average molecular weight is 607 g/mol. The van der Waals surface area contributed by atoms with E-state index in [1.807, 2.05) is 13.8 Å². The smallest absolute Gasteiger partial charge is 0.162 e. The second-order valence-corrected chi connectivity index (χ2v) is 9.90. The first-order valence-electron chi connectivity index (χ1n) is 13.8. The molecule has 41 heavy (non-hydrogen) atoms. The van der Waals surface area contributed by atoms with Crippen molar-refractivity contribution in [1.29, 1.82) is 0 Å². The van der Waals surface area contributed by atoms with Crippen molar-refractivity contribution >= 4 is 0 Å². The number of aliphatic hydroxyl groups is 9. The number of methoxy groups -OCH3 is 3. The monoisotopic (exact) mass is 606 g/mol. The van der Waals surface area contributed by atoms with Crippen LogP contribution in [0.3, 0.4) is 0 Å². The highest BCUT2D eigenvalue weighted by molar-refractivity contribution is 4.88. The molecule has 3 aliphatic heterocycles. The van der Waals surface area contributed by atoms with E-state index in [1.165, 1.54) is 21.3 Å². The van der Waals surface area contributed by atoms with E-state index < -0.39 is 73.8 Å². The van der Waals surface area contributed by atoms with Crippen LogP contribution in [0, 0.1) is 17.8 Å². The molecular formula is C26H54O15. The maximum absolute atomic E-state index is 9.53. The molecule has 3 rings (SSSR count). The summed E-state index contributed by atoms with van der Waals surface area (Å²) in [6.45, 7) is 8.17. The molecular weight excluding hydrogens is 552 g/mol. The van der Waals surface area contributed by atoms with E-state index in [9.17, 15) is 30.6 Å². The van der Waals surface area contributed by atoms with Gasteiger partial charge in [0, 0.05) is 39.1 Å². The lowest BCUT2D eigenvalue weighted by Gasteiger charge is -2.40. The van der Waals surface area contributed by atoms with Gasteiger partial charge in [0.2, 0.25) is 0 Å². The normalized spacial score (nSPS) is 44.3. The molecule has 9 N–H and O–H groups in total. The van der Waals surface area contributed by atoms with Gasteiger partial charge >= 0.3 is 0 Å². The van der Waals surface area contributed by atoms with Gasteiger partial charge in [-0.25, -0.2) is 0 Å². The Bertz CT molecular complexity index is 515. The van der Waals surface area contributed by atoms with Gasteiger partial charge in [0.05, 0.1) is 38.1 Å². The van der Waals surface area contributed by atoms with Gasteiger partial charge in [-0.1, -0.05) is 34.6 Å². The third-order valence-electron chi connectivity index (χ3n) is 7.26. The molecule has 15 atom stereocenters. The van der Waals surface area contributed by atoms with E-state index >= 15 is 0 Å². The largest absolute Gasteiger partial charge is 0.394 e. The summed E-state index contributed by atoms with van der Waals surface area (Å²) in [6.07, 6.45) is -9.93. The Morgan fingerprint density at radius 1 is 0.439 bits per heavy atom. The fraction of sp³-hybridized carbons (Fsp3) is 1.00. The Morgan fingerprint density at radius 3 is 0.780 bits per heavy atom. The Balaban J connectivity index is 0.000000567. The van der Waals surface area contributed by atoms with Crippen molar-refractivity contribution in [3.05, 3.63) is 0 Å². The topological polar surface area (TPSA) is 237 Å². The molecule has 248 valence electrons. The van der Waals surface area contributed by atoms with E-state index in [2.05, 4.69) is 0 Å². The zero-order valence-corrected chi connectivity index (χ0v) is 25.3. The second kappa shape index (κ2) is 20.4. The van der Waals surface area contributed by atoms with Gasteiger partial charge in [-0.2, -0.15) is 0 Å². The second-order valence-electron chi connectivity index (χ2n) is 9.90. The molecule has 0 bridgehead atoms. The van der Waals surface area contributed by atoms with E-state index in [0.29, 0.717) is 0 Å². The van der Waals surface area contributed by atoms with E-state index in [0.717, 1.165) is 0 Å². The number of aliphatic hydroxyl groups excluding tert-OH is 9. The fourth-order valence-corrected chi connectivity index (χ4v) is 4.47. The highest BCUT2D eigenvalue weighted by atomic mass is 16.7. The maximum atomic E-state index is 9.53. The molecule has 0 aromatic rings. The van der Waals surface area contributed by atoms with Crippen LogP contribution in [-0.4, -0.2) is 161 Å². The first-order chi connectivity index (χ1) is 19.3. The zero-order chi connectivity index (χ0) is 32.0. The standard InChI is InChI=1S/3C8H16O5.C2H6/c3*1-4-6(10)7(11)5(3-9)13-8(4)12-2;1-2/h3*4-11H,3H2,1-2H3;1-2H3. The predicted octanol–water partition coefficient (Wildman–Crippen LogP) is -2.85. The lowest BCUT2D eigenvalue weighted by Crippen LogP contribution is -2.55. The Labute approximate surface area is 242 Å². The van der Waals surface area contributed by atoms with Crippen LogP contribution in [0.5, 0.6) is 0 Å². The molecule has 15 nitrogen and oxygen atoms in total. The minimum absolute atomic E-state index is 0.303. The summed E-state index contributed by atoms with van der Waals surface area (Å²) in [4.78, 5) is 0. The van der Waals surface area contributed by atoms with Crippen molar-refractivity contribution in [1.82, 2.24) is 0 Å². The van der Waals surface area contributed by atoms with Crippen LogP contribution in [-0.2, 0) is 28.4 Å². The van der Waals surface area contributed by atoms with Crippen molar-refractivity contribution in [2.45, 2.75) is 108 Å².